The fraction of sp³-hybridized carbons (Fsp3) is 0.316. The van der Waals surface area contributed by atoms with Crippen molar-refractivity contribution in [2.45, 2.75) is 19.4 Å². The van der Waals surface area contributed by atoms with Crippen molar-refractivity contribution in [3.63, 3.8) is 0 Å². The second-order valence-corrected chi connectivity index (χ2v) is 7.22. The van der Waals surface area contributed by atoms with E-state index >= 15 is 0 Å². The Kier molecular flexibility index (Phi) is 5.02. The van der Waals surface area contributed by atoms with E-state index in [1.165, 1.54) is 4.88 Å². The van der Waals surface area contributed by atoms with Gasteiger partial charge in [-0.3, -0.25) is 4.79 Å². The van der Waals surface area contributed by atoms with E-state index < -0.39 is 0 Å². The summed E-state index contributed by atoms with van der Waals surface area (Å²) in [6.07, 6.45) is 2.02. The molecule has 0 radical (unpaired) electrons. The molecule has 1 N–H and O–H groups in total. The monoisotopic (exact) mass is 342 g/mol. The number of nitrogens with one attached hydrogen (secondary N) is 1. The van der Waals surface area contributed by atoms with E-state index in [4.69, 9.17) is 4.42 Å². The van der Waals surface area contributed by atoms with Gasteiger partial charge in [0.15, 0.2) is 0 Å². The second kappa shape index (κ2) is 7.20. The minimum absolute atomic E-state index is 0.0154. The molecule has 0 saturated carbocycles. The second-order valence-electron chi connectivity index (χ2n) is 6.24. The molecule has 0 saturated heterocycles. The summed E-state index contributed by atoms with van der Waals surface area (Å²) in [5.74, 6) is 0.0154. The normalized spacial score (nSPS) is 12.7. The third kappa shape index (κ3) is 3.68. The van der Waals surface area contributed by atoms with Gasteiger partial charge in [-0.25, -0.2) is 0 Å². The van der Waals surface area contributed by atoms with Crippen LogP contribution in [0.4, 0.5) is 0 Å². The lowest BCUT2D eigenvalue weighted by atomic mass is 10.1. The lowest BCUT2D eigenvalue weighted by Gasteiger charge is -2.23. The standard InChI is InChI=1S/C19H22N2O2S/c1-13-6-7-15-14(12-23-17(15)9-13)10-19(22)20-11-16(21(2)3)18-5-4-8-24-18/h4-9,12,16H,10-11H2,1-3H3,(H,20,22). The first-order valence-corrected chi connectivity index (χ1v) is 8.86. The third-order valence-electron chi connectivity index (χ3n) is 4.15. The lowest BCUT2D eigenvalue weighted by Crippen LogP contribution is -2.34. The van der Waals surface area contributed by atoms with E-state index in [-0.39, 0.29) is 11.9 Å². The number of likely N-dealkylation sites (N-methyl/N-ethyl adjacent to an activating group) is 1. The van der Waals surface area contributed by atoms with Crippen LogP contribution in [0.3, 0.4) is 0 Å². The maximum absolute atomic E-state index is 12.3. The lowest BCUT2D eigenvalue weighted by molar-refractivity contribution is -0.120. The molecule has 0 spiro atoms. The maximum atomic E-state index is 12.3. The van der Waals surface area contributed by atoms with E-state index in [0.29, 0.717) is 13.0 Å². The molecule has 3 rings (SSSR count). The summed E-state index contributed by atoms with van der Waals surface area (Å²) in [5, 5.41) is 6.13. The molecule has 0 fully saturated rings. The molecule has 0 aliphatic heterocycles. The molecule has 2 aromatic heterocycles. The average molecular weight is 342 g/mol. The number of benzene rings is 1. The van der Waals surface area contributed by atoms with Gasteiger partial charge in [-0.2, -0.15) is 0 Å². The molecule has 2 heterocycles. The van der Waals surface area contributed by atoms with Crippen LogP contribution in [0.2, 0.25) is 0 Å². The van der Waals surface area contributed by atoms with Crippen molar-refractivity contribution >= 4 is 28.2 Å². The molecule has 126 valence electrons. The van der Waals surface area contributed by atoms with Crippen molar-refractivity contribution in [3.8, 4) is 0 Å². The van der Waals surface area contributed by atoms with Crippen molar-refractivity contribution in [3.05, 3.63) is 58.0 Å². The first-order valence-electron chi connectivity index (χ1n) is 7.98. The number of fused-ring (bicyclic) bond motifs is 1. The zero-order valence-electron chi connectivity index (χ0n) is 14.2. The van der Waals surface area contributed by atoms with Gasteiger partial charge < -0.3 is 14.6 Å². The van der Waals surface area contributed by atoms with Crippen molar-refractivity contribution in [1.82, 2.24) is 10.2 Å². The van der Waals surface area contributed by atoms with E-state index in [1.807, 2.05) is 45.3 Å². The Balaban J connectivity index is 1.64. The summed E-state index contributed by atoms with van der Waals surface area (Å²) < 4.78 is 5.57. The molecule has 4 nitrogen and oxygen atoms in total. The van der Waals surface area contributed by atoms with Gasteiger partial charge >= 0.3 is 0 Å². The van der Waals surface area contributed by atoms with Gasteiger partial charge in [0.2, 0.25) is 5.91 Å². The number of nitrogens with zero attached hydrogens (tertiary/aromatic N) is 1. The molecule has 24 heavy (non-hydrogen) atoms. The average Bonchev–Trinajstić information content (AvgIpc) is 3.17. The Hall–Kier alpha value is -2.11. The van der Waals surface area contributed by atoms with Crippen LogP contribution >= 0.6 is 11.3 Å². The fourth-order valence-corrected chi connectivity index (χ4v) is 3.71. The number of hydrogen-bond acceptors (Lipinski definition) is 4. The van der Waals surface area contributed by atoms with Crippen LogP contribution in [-0.2, 0) is 11.2 Å². The number of hydrogen-bond donors (Lipinski definition) is 1. The summed E-state index contributed by atoms with van der Waals surface area (Å²) in [6.45, 7) is 2.63. The van der Waals surface area contributed by atoms with E-state index in [2.05, 4.69) is 21.7 Å². The minimum atomic E-state index is 0.0154. The van der Waals surface area contributed by atoms with Crippen molar-refractivity contribution in [2.24, 2.45) is 0 Å². The predicted octanol–water partition coefficient (Wildman–Crippen LogP) is 3.76. The van der Waals surface area contributed by atoms with E-state index in [1.54, 1.807) is 17.6 Å². The zero-order valence-corrected chi connectivity index (χ0v) is 15.0. The summed E-state index contributed by atoms with van der Waals surface area (Å²) >= 11 is 1.71. The highest BCUT2D eigenvalue weighted by Crippen LogP contribution is 2.24. The Bertz CT molecular complexity index is 821. The first-order chi connectivity index (χ1) is 11.5. The molecular formula is C19H22N2O2S. The topological polar surface area (TPSA) is 45.5 Å². The molecule has 1 atom stereocenters. The summed E-state index contributed by atoms with van der Waals surface area (Å²) in [4.78, 5) is 15.7. The van der Waals surface area contributed by atoms with Crippen molar-refractivity contribution < 1.29 is 9.21 Å². The van der Waals surface area contributed by atoms with Crippen molar-refractivity contribution in [1.29, 1.82) is 0 Å². The smallest absolute Gasteiger partial charge is 0.224 e. The van der Waals surface area contributed by atoms with Crippen LogP contribution in [-0.4, -0.2) is 31.4 Å². The van der Waals surface area contributed by atoms with Gasteiger partial charge in [-0.05, 0) is 44.1 Å². The van der Waals surface area contributed by atoms with Crippen molar-refractivity contribution in [2.75, 3.05) is 20.6 Å². The van der Waals surface area contributed by atoms with Crippen LogP contribution in [0.25, 0.3) is 11.0 Å². The summed E-state index contributed by atoms with van der Waals surface area (Å²) in [6, 6.07) is 10.4. The van der Waals surface area contributed by atoms with Gasteiger partial charge in [0, 0.05) is 22.4 Å². The number of carbonyl (C=O) groups is 1. The molecule has 1 aromatic carbocycles. The maximum Gasteiger partial charge on any atom is 0.224 e. The van der Waals surface area contributed by atoms with Crippen LogP contribution in [0.15, 0.2) is 46.4 Å². The quantitative estimate of drug-likeness (QED) is 0.742. The van der Waals surface area contributed by atoms with Crippen LogP contribution in [0.1, 0.15) is 22.0 Å². The van der Waals surface area contributed by atoms with E-state index in [9.17, 15) is 4.79 Å². The highest BCUT2D eigenvalue weighted by molar-refractivity contribution is 7.10. The molecule has 1 amide bonds. The molecule has 0 bridgehead atoms. The molecule has 3 aromatic rings. The first kappa shape index (κ1) is 16.7. The minimum Gasteiger partial charge on any atom is -0.464 e. The van der Waals surface area contributed by atoms with Crippen LogP contribution < -0.4 is 5.32 Å². The summed E-state index contributed by atoms with van der Waals surface area (Å²) in [7, 11) is 4.06. The molecule has 0 aliphatic rings. The highest BCUT2D eigenvalue weighted by Gasteiger charge is 2.17. The molecule has 5 heteroatoms. The molecule has 0 aliphatic carbocycles. The Labute approximate surface area is 146 Å². The zero-order chi connectivity index (χ0) is 17.1. The summed E-state index contributed by atoms with van der Waals surface area (Å²) in [5.41, 5.74) is 2.92. The Morgan fingerprint density at radius 3 is 2.88 bits per heavy atom. The van der Waals surface area contributed by atoms with Gasteiger partial charge in [-0.1, -0.05) is 18.2 Å². The number of carbonyl (C=O) groups excluding carboxylic acids is 1. The Morgan fingerprint density at radius 1 is 1.33 bits per heavy atom. The number of furan rings is 1. The number of thiophene rings is 1. The Morgan fingerprint density at radius 2 is 2.17 bits per heavy atom. The van der Waals surface area contributed by atoms with Gasteiger partial charge in [0.05, 0.1) is 18.7 Å². The van der Waals surface area contributed by atoms with Crippen LogP contribution in [0, 0.1) is 6.92 Å². The number of rotatable bonds is 6. The number of amides is 1. The number of aryl methyl sites for hydroxylation is 1. The largest absolute Gasteiger partial charge is 0.464 e. The fourth-order valence-electron chi connectivity index (χ4n) is 2.79. The van der Waals surface area contributed by atoms with Gasteiger partial charge in [-0.15, -0.1) is 11.3 Å². The third-order valence-corrected chi connectivity index (χ3v) is 5.12. The highest BCUT2D eigenvalue weighted by atomic mass is 32.1. The van der Waals surface area contributed by atoms with Crippen LogP contribution in [0.5, 0.6) is 0 Å². The SMILES string of the molecule is Cc1ccc2c(CC(=O)NCC(c3cccs3)N(C)C)coc2c1. The molecular weight excluding hydrogens is 320 g/mol. The molecule has 1 unspecified atom stereocenters. The van der Waals surface area contributed by atoms with Gasteiger partial charge in [0.1, 0.15) is 5.58 Å². The van der Waals surface area contributed by atoms with Gasteiger partial charge in [0.25, 0.3) is 0 Å². The van der Waals surface area contributed by atoms with E-state index in [0.717, 1.165) is 22.1 Å². The predicted molar refractivity (Wildman–Crippen MR) is 98.4 cm³/mol.